The van der Waals surface area contributed by atoms with Gasteiger partial charge in [-0.2, -0.15) is 0 Å². The van der Waals surface area contributed by atoms with E-state index in [1.807, 2.05) is 4.90 Å². The monoisotopic (exact) mass is 343 g/mol. The summed E-state index contributed by atoms with van der Waals surface area (Å²) in [5.41, 5.74) is 1.58. The molecule has 0 saturated carbocycles. The van der Waals surface area contributed by atoms with Gasteiger partial charge in [0.05, 0.1) is 6.61 Å². The Morgan fingerprint density at radius 1 is 1.24 bits per heavy atom. The van der Waals surface area contributed by atoms with E-state index in [9.17, 15) is 4.79 Å². The Bertz CT molecular complexity index is 586. The molecule has 4 rings (SSSR count). The predicted octanol–water partition coefficient (Wildman–Crippen LogP) is 2.47. The lowest BCUT2D eigenvalue weighted by molar-refractivity contribution is 0.148. The first-order valence-corrected chi connectivity index (χ1v) is 9.62. The zero-order valence-electron chi connectivity index (χ0n) is 15.0. The summed E-state index contributed by atoms with van der Waals surface area (Å²) in [5.74, 6) is 0. The van der Waals surface area contributed by atoms with Crippen molar-refractivity contribution in [1.29, 1.82) is 0 Å². The minimum atomic E-state index is 0.121. The van der Waals surface area contributed by atoms with E-state index in [1.54, 1.807) is 0 Å². The van der Waals surface area contributed by atoms with Gasteiger partial charge in [0.15, 0.2) is 0 Å². The van der Waals surface area contributed by atoms with Crippen LogP contribution < -0.4 is 5.32 Å². The van der Waals surface area contributed by atoms with Crippen LogP contribution in [-0.4, -0.2) is 61.3 Å². The molecular formula is C20H29N3O2. The first-order chi connectivity index (χ1) is 12.2. The van der Waals surface area contributed by atoms with Crippen LogP contribution in [0.3, 0.4) is 0 Å². The molecule has 3 saturated heterocycles. The van der Waals surface area contributed by atoms with Crippen molar-refractivity contribution in [2.24, 2.45) is 5.41 Å². The summed E-state index contributed by atoms with van der Waals surface area (Å²) in [6.07, 6.45) is 4.42. The van der Waals surface area contributed by atoms with Crippen LogP contribution in [-0.2, 0) is 11.3 Å². The van der Waals surface area contributed by atoms with Gasteiger partial charge in [-0.15, -0.1) is 0 Å². The summed E-state index contributed by atoms with van der Waals surface area (Å²) in [5, 5.41) is 3.29. The van der Waals surface area contributed by atoms with Gasteiger partial charge in [0.1, 0.15) is 0 Å². The molecule has 1 N–H and O–H groups in total. The molecule has 25 heavy (non-hydrogen) atoms. The number of hydrogen-bond acceptors (Lipinski definition) is 3. The summed E-state index contributed by atoms with van der Waals surface area (Å²) in [6, 6.07) is 11.0. The van der Waals surface area contributed by atoms with Crippen molar-refractivity contribution in [2.75, 3.05) is 39.4 Å². The molecule has 0 bridgehead atoms. The molecule has 0 unspecified atom stereocenters. The Labute approximate surface area is 150 Å². The summed E-state index contributed by atoms with van der Waals surface area (Å²) >= 11 is 0. The number of carbonyl (C=O) groups is 1. The number of rotatable bonds is 3. The minimum absolute atomic E-state index is 0.121. The second-order valence-corrected chi connectivity index (χ2v) is 7.98. The van der Waals surface area contributed by atoms with E-state index in [4.69, 9.17) is 4.74 Å². The van der Waals surface area contributed by atoms with Crippen LogP contribution in [0.4, 0.5) is 4.79 Å². The van der Waals surface area contributed by atoms with Crippen molar-refractivity contribution in [3.8, 4) is 0 Å². The fourth-order valence-electron chi connectivity index (χ4n) is 4.50. The van der Waals surface area contributed by atoms with Gasteiger partial charge in [-0.05, 0) is 37.8 Å². The third-order valence-electron chi connectivity index (χ3n) is 5.99. The molecule has 5 nitrogen and oxygen atoms in total. The Balaban J connectivity index is 1.28. The standard InChI is InChI=1S/C20H29N3O2/c24-19(23-11-8-20(15-23)9-12-25-16-20)21-18-7-4-10-22(14-18)13-17-5-2-1-3-6-17/h1-3,5-6,18H,4,7-16H2,(H,21,24)/t18-,20+/m1/s1. The Hall–Kier alpha value is -1.59. The highest BCUT2D eigenvalue weighted by Crippen LogP contribution is 2.38. The first-order valence-electron chi connectivity index (χ1n) is 9.62. The largest absolute Gasteiger partial charge is 0.381 e. The number of urea groups is 1. The molecular weight excluding hydrogens is 314 g/mol. The highest BCUT2D eigenvalue weighted by Gasteiger charge is 2.43. The maximum Gasteiger partial charge on any atom is 0.317 e. The predicted molar refractivity (Wildman–Crippen MR) is 97.3 cm³/mol. The van der Waals surface area contributed by atoms with Gasteiger partial charge in [-0.1, -0.05) is 30.3 Å². The third kappa shape index (κ3) is 3.98. The van der Waals surface area contributed by atoms with Crippen molar-refractivity contribution in [3.63, 3.8) is 0 Å². The number of likely N-dealkylation sites (tertiary alicyclic amines) is 2. The number of benzene rings is 1. The highest BCUT2D eigenvalue weighted by atomic mass is 16.5. The van der Waals surface area contributed by atoms with Crippen LogP contribution >= 0.6 is 0 Å². The van der Waals surface area contributed by atoms with E-state index >= 15 is 0 Å². The SMILES string of the molecule is O=C(N[C@@H]1CCCN(Cc2ccccc2)C1)N1CC[C@]2(CCOC2)C1. The van der Waals surface area contributed by atoms with E-state index in [-0.39, 0.29) is 17.5 Å². The Kier molecular flexibility index (Phi) is 4.95. The van der Waals surface area contributed by atoms with E-state index in [0.717, 1.165) is 71.6 Å². The van der Waals surface area contributed by atoms with E-state index in [1.165, 1.54) is 5.56 Å². The van der Waals surface area contributed by atoms with Crippen LogP contribution in [0, 0.1) is 5.41 Å². The molecule has 1 aromatic carbocycles. The zero-order valence-corrected chi connectivity index (χ0v) is 15.0. The van der Waals surface area contributed by atoms with E-state index in [2.05, 4.69) is 40.5 Å². The van der Waals surface area contributed by atoms with Gasteiger partial charge < -0.3 is 15.0 Å². The molecule has 0 aliphatic carbocycles. The molecule has 3 aliphatic heterocycles. The van der Waals surface area contributed by atoms with Crippen molar-refractivity contribution in [1.82, 2.24) is 15.1 Å². The molecule has 5 heteroatoms. The maximum atomic E-state index is 12.7. The summed E-state index contributed by atoms with van der Waals surface area (Å²) in [4.78, 5) is 17.1. The number of nitrogens with one attached hydrogen (secondary N) is 1. The second kappa shape index (κ2) is 7.34. The molecule has 0 radical (unpaired) electrons. The number of amides is 2. The zero-order chi connectivity index (χ0) is 17.1. The molecule has 3 heterocycles. The summed E-state index contributed by atoms with van der Waals surface area (Å²) < 4.78 is 5.57. The smallest absolute Gasteiger partial charge is 0.317 e. The van der Waals surface area contributed by atoms with Crippen LogP contribution in [0.25, 0.3) is 0 Å². The Morgan fingerprint density at radius 3 is 2.92 bits per heavy atom. The van der Waals surface area contributed by atoms with Gasteiger partial charge >= 0.3 is 6.03 Å². The Morgan fingerprint density at radius 2 is 2.12 bits per heavy atom. The number of hydrogen-bond donors (Lipinski definition) is 1. The van der Waals surface area contributed by atoms with Crippen LogP contribution in [0.2, 0.25) is 0 Å². The second-order valence-electron chi connectivity index (χ2n) is 7.98. The van der Waals surface area contributed by atoms with Crippen molar-refractivity contribution in [2.45, 2.75) is 38.3 Å². The minimum Gasteiger partial charge on any atom is -0.381 e. The first kappa shape index (κ1) is 16.9. The average molecular weight is 343 g/mol. The molecule has 3 aliphatic rings. The number of nitrogens with zero attached hydrogens (tertiary/aromatic N) is 2. The van der Waals surface area contributed by atoms with Gasteiger partial charge in [-0.3, -0.25) is 4.90 Å². The van der Waals surface area contributed by atoms with Crippen LogP contribution in [0.1, 0.15) is 31.2 Å². The van der Waals surface area contributed by atoms with Crippen molar-refractivity contribution in [3.05, 3.63) is 35.9 Å². The molecule has 136 valence electrons. The third-order valence-corrected chi connectivity index (χ3v) is 5.99. The van der Waals surface area contributed by atoms with Crippen molar-refractivity contribution < 1.29 is 9.53 Å². The number of piperidine rings is 1. The maximum absolute atomic E-state index is 12.7. The highest BCUT2D eigenvalue weighted by molar-refractivity contribution is 5.75. The quantitative estimate of drug-likeness (QED) is 0.917. The summed E-state index contributed by atoms with van der Waals surface area (Å²) in [6.45, 7) is 6.44. The fourth-order valence-corrected chi connectivity index (χ4v) is 4.50. The molecule has 1 aromatic rings. The van der Waals surface area contributed by atoms with Crippen molar-refractivity contribution >= 4 is 6.03 Å². The molecule has 2 amide bonds. The lowest BCUT2D eigenvalue weighted by Gasteiger charge is -2.34. The average Bonchev–Trinajstić information content (AvgIpc) is 3.26. The topological polar surface area (TPSA) is 44.8 Å². The van der Waals surface area contributed by atoms with Crippen LogP contribution in [0.5, 0.6) is 0 Å². The lowest BCUT2D eigenvalue weighted by atomic mass is 9.87. The van der Waals surface area contributed by atoms with Gasteiger partial charge in [0, 0.05) is 44.2 Å². The summed E-state index contributed by atoms with van der Waals surface area (Å²) in [7, 11) is 0. The van der Waals surface area contributed by atoms with Crippen LogP contribution in [0.15, 0.2) is 30.3 Å². The molecule has 2 atom stereocenters. The molecule has 1 spiro atoms. The number of ether oxygens (including phenoxy) is 1. The fraction of sp³-hybridized carbons (Fsp3) is 0.650. The van der Waals surface area contributed by atoms with Gasteiger partial charge in [0.25, 0.3) is 0 Å². The normalized spacial score (nSPS) is 30.1. The molecule has 3 fully saturated rings. The molecule has 0 aromatic heterocycles. The van der Waals surface area contributed by atoms with E-state index in [0.29, 0.717) is 0 Å². The number of carbonyl (C=O) groups excluding carboxylic acids is 1. The van der Waals surface area contributed by atoms with Gasteiger partial charge in [-0.25, -0.2) is 4.79 Å². The lowest BCUT2D eigenvalue weighted by Crippen LogP contribution is -2.51. The van der Waals surface area contributed by atoms with Gasteiger partial charge in [0.2, 0.25) is 0 Å². The van der Waals surface area contributed by atoms with E-state index < -0.39 is 0 Å².